The number of rotatable bonds is 1. The molecule has 2 N–H and O–H groups in total. The first-order chi connectivity index (χ1) is 4.92. The fourth-order valence-electron chi connectivity index (χ4n) is 1.70. The smallest absolute Gasteiger partial charge is 0.0338 e. The molecule has 0 aliphatic heterocycles. The molecule has 2 heteroatoms. The number of nitrogens with one attached hydrogen (secondary N) is 2. The molecule has 54 valence electrons. The topological polar surface area (TPSA) is 27.8 Å². The molecular formula is C8H12N2. The van der Waals surface area contributed by atoms with E-state index in [4.69, 9.17) is 0 Å². The molecule has 0 saturated heterocycles. The highest BCUT2D eigenvalue weighted by molar-refractivity contribution is 5.31. The summed E-state index contributed by atoms with van der Waals surface area (Å²) in [5.74, 6) is 0. The Labute approximate surface area is 60.6 Å². The third-order valence-electron chi connectivity index (χ3n) is 2.29. The summed E-state index contributed by atoms with van der Waals surface area (Å²) in [6, 6.07) is 0.598. The number of aryl methyl sites for hydroxylation is 1. The normalized spacial score (nSPS) is 23.1. The van der Waals surface area contributed by atoms with Crippen molar-refractivity contribution in [1.29, 1.82) is 0 Å². The third kappa shape index (κ3) is 0.688. The number of aromatic nitrogens is 1. The van der Waals surface area contributed by atoms with Crippen molar-refractivity contribution < 1.29 is 0 Å². The second kappa shape index (κ2) is 2.13. The molecule has 0 bridgehead atoms. The van der Waals surface area contributed by atoms with Crippen LogP contribution < -0.4 is 5.32 Å². The molecule has 1 aliphatic carbocycles. The van der Waals surface area contributed by atoms with Gasteiger partial charge >= 0.3 is 0 Å². The van der Waals surface area contributed by atoms with Crippen LogP contribution in [0.3, 0.4) is 0 Å². The second-order valence-corrected chi connectivity index (χ2v) is 2.82. The Balaban J connectivity index is 2.34. The van der Waals surface area contributed by atoms with Crippen molar-refractivity contribution in [2.75, 3.05) is 7.05 Å². The molecule has 0 radical (unpaired) electrons. The highest BCUT2D eigenvalue weighted by atomic mass is 14.9. The molecule has 2 nitrogen and oxygen atoms in total. The van der Waals surface area contributed by atoms with Crippen molar-refractivity contribution >= 4 is 0 Å². The minimum Gasteiger partial charge on any atom is -0.367 e. The van der Waals surface area contributed by atoms with E-state index in [1.807, 2.05) is 7.05 Å². The van der Waals surface area contributed by atoms with Gasteiger partial charge in [-0.3, -0.25) is 0 Å². The largest absolute Gasteiger partial charge is 0.367 e. The number of aromatic amines is 1. The first-order valence-electron chi connectivity index (χ1n) is 3.74. The summed E-state index contributed by atoms with van der Waals surface area (Å²) >= 11 is 0. The van der Waals surface area contributed by atoms with E-state index in [1.54, 1.807) is 0 Å². The minimum absolute atomic E-state index is 0.598. The molecule has 1 atom stereocenters. The zero-order chi connectivity index (χ0) is 6.97. The van der Waals surface area contributed by atoms with Gasteiger partial charge in [0.2, 0.25) is 0 Å². The van der Waals surface area contributed by atoms with Crippen LogP contribution in [0.15, 0.2) is 12.4 Å². The Kier molecular flexibility index (Phi) is 1.27. The average molecular weight is 136 g/mol. The van der Waals surface area contributed by atoms with Crippen molar-refractivity contribution in [2.24, 2.45) is 0 Å². The van der Waals surface area contributed by atoms with Gasteiger partial charge in [-0.05, 0) is 31.0 Å². The van der Waals surface area contributed by atoms with Gasteiger partial charge in [-0.2, -0.15) is 0 Å². The number of H-pyrrole nitrogens is 1. The predicted octanol–water partition coefficient (Wildman–Crippen LogP) is 1.22. The summed E-state index contributed by atoms with van der Waals surface area (Å²) in [7, 11) is 2.02. The Morgan fingerprint density at radius 3 is 3.30 bits per heavy atom. The lowest BCUT2D eigenvalue weighted by Gasteiger charge is -2.05. The summed E-state index contributed by atoms with van der Waals surface area (Å²) in [6.45, 7) is 0. The van der Waals surface area contributed by atoms with Crippen molar-refractivity contribution in [3.05, 3.63) is 23.5 Å². The lowest BCUT2D eigenvalue weighted by Crippen LogP contribution is -2.12. The minimum atomic E-state index is 0.598. The summed E-state index contributed by atoms with van der Waals surface area (Å²) in [5, 5.41) is 3.29. The van der Waals surface area contributed by atoms with Crippen molar-refractivity contribution in [3.63, 3.8) is 0 Å². The Bertz CT molecular complexity index is 227. The maximum absolute atomic E-state index is 3.29. The van der Waals surface area contributed by atoms with Crippen molar-refractivity contribution in [3.8, 4) is 0 Å². The summed E-state index contributed by atoms with van der Waals surface area (Å²) in [5.41, 5.74) is 2.95. The molecule has 1 aliphatic rings. The molecule has 1 aromatic rings. The molecule has 1 heterocycles. The lowest BCUT2D eigenvalue weighted by atomic mass is 10.2. The molecule has 1 unspecified atom stereocenters. The van der Waals surface area contributed by atoms with Crippen LogP contribution >= 0.6 is 0 Å². The van der Waals surface area contributed by atoms with Crippen LogP contribution in [-0.4, -0.2) is 12.0 Å². The Morgan fingerprint density at radius 2 is 2.50 bits per heavy atom. The van der Waals surface area contributed by atoms with E-state index in [-0.39, 0.29) is 0 Å². The molecule has 0 saturated carbocycles. The fourth-order valence-corrected chi connectivity index (χ4v) is 1.70. The molecule has 2 rings (SSSR count). The quantitative estimate of drug-likeness (QED) is 0.597. The van der Waals surface area contributed by atoms with Crippen LogP contribution in [0, 0.1) is 0 Å². The average Bonchev–Trinajstić information content (AvgIpc) is 2.44. The highest BCUT2D eigenvalue weighted by Crippen LogP contribution is 2.29. The predicted molar refractivity (Wildman–Crippen MR) is 40.9 cm³/mol. The molecule has 0 aromatic carbocycles. The maximum Gasteiger partial charge on any atom is 0.0338 e. The van der Waals surface area contributed by atoms with Crippen LogP contribution in [0.4, 0.5) is 0 Å². The van der Waals surface area contributed by atoms with Gasteiger partial charge in [0.1, 0.15) is 0 Å². The standard InChI is InChI=1S/C8H12N2/c1-9-8-3-2-6-4-10-5-7(6)8/h4-5,8-10H,2-3H2,1H3. The summed E-state index contributed by atoms with van der Waals surface area (Å²) in [4.78, 5) is 3.12. The lowest BCUT2D eigenvalue weighted by molar-refractivity contribution is 0.588. The van der Waals surface area contributed by atoms with Gasteiger partial charge in [0.15, 0.2) is 0 Å². The van der Waals surface area contributed by atoms with E-state index in [9.17, 15) is 0 Å². The first-order valence-corrected chi connectivity index (χ1v) is 3.74. The highest BCUT2D eigenvalue weighted by Gasteiger charge is 2.20. The van der Waals surface area contributed by atoms with E-state index < -0.39 is 0 Å². The van der Waals surface area contributed by atoms with Crippen LogP contribution in [0.1, 0.15) is 23.6 Å². The second-order valence-electron chi connectivity index (χ2n) is 2.82. The van der Waals surface area contributed by atoms with Crippen LogP contribution in [0.25, 0.3) is 0 Å². The van der Waals surface area contributed by atoms with Gasteiger partial charge in [-0.15, -0.1) is 0 Å². The zero-order valence-electron chi connectivity index (χ0n) is 6.15. The number of hydrogen-bond donors (Lipinski definition) is 2. The van der Waals surface area contributed by atoms with Gasteiger partial charge in [-0.1, -0.05) is 0 Å². The van der Waals surface area contributed by atoms with Crippen LogP contribution in [-0.2, 0) is 6.42 Å². The first kappa shape index (κ1) is 5.98. The molecule has 0 spiro atoms. The maximum atomic E-state index is 3.29. The van der Waals surface area contributed by atoms with Crippen LogP contribution in [0.2, 0.25) is 0 Å². The van der Waals surface area contributed by atoms with Gasteiger partial charge in [0.25, 0.3) is 0 Å². The third-order valence-corrected chi connectivity index (χ3v) is 2.29. The summed E-state index contributed by atoms with van der Waals surface area (Å²) in [6.07, 6.45) is 6.69. The molecule has 1 aromatic heterocycles. The molecule has 10 heavy (non-hydrogen) atoms. The molecular weight excluding hydrogens is 124 g/mol. The van der Waals surface area contributed by atoms with Gasteiger partial charge in [-0.25, -0.2) is 0 Å². The van der Waals surface area contributed by atoms with E-state index in [0.717, 1.165) is 0 Å². The number of fused-ring (bicyclic) bond motifs is 1. The summed E-state index contributed by atoms with van der Waals surface area (Å²) < 4.78 is 0. The number of hydrogen-bond acceptors (Lipinski definition) is 1. The zero-order valence-corrected chi connectivity index (χ0v) is 6.15. The monoisotopic (exact) mass is 136 g/mol. The molecule has 0 amide bonds. The molecule has 0 fully saturated rings. The van der Waals surface area contributed by atoms with E-state index in [1.165, 1.54) is 24.0 Å². The van der Waals surface area contributed by atoms with Gasteiger partial charge < -0.3 is 10.3 Å². The van der Waals surface area contributed by atoms with Crippen molar-refractivity contribution in [2.45, 2.75) is 18.9 Å². The Hall–Kier alpha value is -0.760. The van der Waals surface area contributed by atoms with E-state index in [0.29, 0.717) is 6.04 Å². The van der Waals surface area contributed by atoms with Gasteiger partial charge in [0, 0.05) is 18.4 Å². The van der Waals surface area contributed by atoms with E-state index >= 15 is 0 Å². The Morgan fingerprint density at radius 1 is 1.60 bits per heavy atom. The van der Waals surface area contributed by atoms with Crippen molar-refractivity contribution in [1.82, 2.24) is 10.3 Å². The van der Waals surface area contributed by atoms with Crippen LogP contribution in [0.5, 0.6) is 0 Å². The van der Waals surface area contributed by atoms with Gasteiger partial charge in [0.05, 0.1) is 0 Å². The fraction of sp³-hybridized carbons (Fsp3) is 0.500. The van der Waals surface area contributed by atoms with E-state index in [2.05, 4.69) is 22.7 Å². The SMILES string of the molecule is CNC1CCc2c[nH]cc21.